The van der Waals surface area contributed by atoms with Crippen LogP contribution in [0.4, 0.5) is 10.5 Å². The van der Waals surface area contributed by atoms with Crippen molar-refractivity contribution in [2.45, 2.75) is 13.5 Å². The number of nitro groups is 1. The van der Waals surface area contributed by atoms with Crippen molar-refractivity contribution < 1.29 is 18.9 Å². The van der Waals surface area contributed by atoms with Crippen LogP contribution in [-0.2, 0) is 11.3 Å². The molecule has 0 spiro atoms. The third kappa shape index (κ3) is 4.29. The predicted octanol–water partition coefficient (Wildman–Crippen LogP) is 6.71. The lowest BCUT2D eigenvalue weighted by Gasteiger charge is -2.14. The number of carbonyl (C=O) groups excluding carboxylic acids is 2. The van der Waals surface area contributed by atoms with Gasteiger partial charge in [0.1, 0.15) is 11.5 Å². The maximum atomic E-state index is 12.8. The van der Waals surface area contributed by atoms with Crippen LogP contribution in [0, 0.1) is 17.0 Å². The number of nitro benzene ring substituents is 1. The third-order valence-electron chi connectivity index (χ3n) is 4.84. The van der Waals surface area contributed by atoms with Crippen molar-refractivity contribution in [1.82, 2.24) is 4.90 Å². The van der Waals surface area contributed by atoms with Gasteiger partial charge in [-0.05, 0) is 43.0 Å². The Kier molecular flexibility index (Phi) is 6.10. The summed E-state index contributed by atoms with van der Waals surface area (Å²) < 4.78 is 5.74. The summed E-state index contributed by atoms with van der Waals surface area (Å²) in [6.07, 6.45) is 1.46. The first-order valence-corrected chi connectivity index (χ1v) is 10.9. The molecule has 10 heteroatoms. The number of halogens is 2. The van der Waals surface area contributed by atoms with E-state index < -0.39 is 16.1 Å². The lowest BCUT2D eigenvalue weighted by molar-refractivity contribution is -0.385. The van der Waals surface area contributed by atoms with Crippen LogP contribution in [0.15, 0.2) is 57.9 Å². The first kappa shape index (κ1) is 22.1. The summed E-state index contributed by atoms with van der Waals surface area (Å²) in [4.78, 5) is 37.2. The molecule has 0 bridgehead atoms. The van der Waals surface area contributed by atoms with E-state index in [1.54, 1.807) is 49.4 Å². The van der Waals surface area contributed by atoms with E-state index in [-0.39, 0.29) is 17.1 Å². The number of benzene rings is 2. The topological polar surface area (TPSA) is 93.7 Å². The SMILES string of the molecule is Cc1ccc(-c2ccc(/C=C3\SC(=O)N(Cc4c(Cl)cccc4Cl)C3=O)o2)cc1[N+](=O)[O-]. The number of hydrogen-bond donors (Lipinski definition) is 0. The van der Waals surface area contributed by atoms with E-state index in [0.717, 1.165) is 16.7 Å². The standard InChI is InChI=1S/C22H14Cl2N2O5S/c1-12-5-6-13(9-18(12)26(29)30)19-8-7-14(31-19)10-20-21(27)25(22(28)32-20)11-15-16(23)3-2-4-17(15)24/h2-10H,11H2,1H3/b20-10-. The number of nitrogens with zero attached hydrogens (tertiary/aromatic N) is 2. The fourth-order valence-corrected chi connectivity index (χ4v) is 4.49. The van der Waals surface area contributed by atoms with Gasteiger partial charge in [-0.15, -0.1) is 0 Å². The van der Waals surface area contributed by atoms with Crippen LogP contribution in [0.5, 0.6) is 0 Å². The third-order valence-corrected chi connectivity index (χ3v) is 6.46. The Morgan fingerprint density at radius 2 is 1.84 bits per heavy atom. The maximum absolute atomic E-state index is 12.8. The Hall–Kier alpha value is -3.07. The molecule has 2 aromatic carbocycles. The summed E-state index contributed by atoms with van der Waals surface area (Å²) >= 11 is 13.1. The summed E-state index contributed by atoms with van der Waals surface area (Å²) in [7, 11) is 0. The molecule has 32 heavy (non-hydrogen) atoms. The van der Waals surface area contributed by atoms with Crippen LogP contribution in [0.2, 0.25) is 10.0 Å². The molecule has 2 amide bonds. The highest BCUT2D eigenvalue weighted by Crippen LogP contribution is 2.36. The van der Waals surface area contributed by atoms with E-state index >= 15 is 0 Å². The van der Waals surface area contributed by atoms with Crippen molar-refractivity contribution in [2.24, 2.45) is 0 Å². The zero-order chi connectivity index (χ0) is 23.0. The average molecular weight is 489 g/mol. The second-order valence-corrected chi connectivity index (χ2v) is 8.74. The second-order valence-electron chi connectivity index (χ2n) is 6.93. The molecule has 1 aliphatic rings. The Morgan fingerprint density at radius 3 is 2.53 bits per heavy atom. The molecule has 3 aromatic rings. The highest BCUT2D eigenvalue weighted by atomic mass is 35.5. The van der Waals surface area contributed by atoms with Gasteiger partial charge in [0.2, 0.25) is 0 Å². The van der Waals surface area contributed by atoms with Crippen LogP contribution in [0.25, 0.3) is 17.4 Å². The van der Waals surface area contributed by atoms with E-state index in [9.17, 15) is 19.7 Å². The van der Waals surface area contributed by atoms with Gasteiger partial charge in [0.05, 0.1) is 16.4 Å². The summed E-state index contributed by atoms with van der Waals surface area (Å²) in [5.41, 5.74) is 1.54. The zero-order valence-corrected chi connectivity index (χ0v) is 18.8. The van der Waals surface area contributed by atoms with Crippen LogP contribution in [0.3, 0.4) is 0 Å². The zero-order valence-electron chi connectivity index (χ0n) is 16.5. The largest absolute Gasteiger partial charge is 0.457 e. The number of rotatable bonds is 5. The number of thioether (sulfide) groups is 1. The van der Waals surface area contributed by atoms with Gasteiger partial charge in [0, 0.05) is 38.9 Å². The molecule has 4 rings (SSSR count). The van der Waals surface area contributed by atoms with Gasteiger partial charge in [0.25, 0.3) is 16.8 Å². The lowest BCUT2D eigenvalue weighted by atomic mass is 10.1. The highest BCUT2D eigenvalue weighted by Gasteiger charge is 2.36. The molecule has 0 unspecified atom stereocenters. The summed E-state index contributed by atoms with van der Waals surface area (Å²) in [5.74, 6) is 0.255. The average Bonchev–Trinajstić information content (AvgIpc) is 3.30. The summed E-state index contributed by atoms with van der Waals surface area (Å²) in [6.45, 7) is 1.61. The van der Waals surface area contributed by atoms with Crippen molar-refractivity contribution in [3.63, 3.8) is 0 Å². The number of amides is 2. The van der Waals surface area contributed by atoms with E-state index in [4.69, 9.17) is 27.6 Å². The van der Waals surface area contributed by atoms with Crippen LogP contribution in [0.1, 0.15) is 16.9 Å². The minimum atomic E-state index is -0.486. The number of aryl methyl sites for hydroxylation is 1. The van der Waals surface area contributed by atoms with E-state index in [1.807, 2.05) is 0 Å². The smallest absolute Gasteiger partial charge is 0.293 e. The fourth-order valence-electron chi connectivity index (χ4n) is 3.15. The molecule has 7 nitrogen and oxygen atoms in total. The van der Waals surface area contributed by atoms with Gasteiger partial charge in [-0.2, -0.15) is 0 Å². The lowest BCUT2D eigenvalue weighted by Crippen LogP contribution is -2.27. The van der Waals surface area contributed by atoms with Gasteiger partial charge < -0.3 is 4.42 Å². The Labute approximate surface area is 196 Å². The molecule has 0 radical (unpaired) electrons. The van der Waals surface area contributed by atoms with E-state index in [0.29, 0.717) is 38.3 Å². The molecule has 1 saturated heterocycles. The molecule has 162 valence electrons. The molecule has 1 aliphatic heterocycles. The van der Waals surface area contributed by atoms with Crippen molar-refractivity contribution in [3.8, 4) is 11.3 Å². The first-order valence-electron chi connectivity index (χ1n) is 9.28. The monoisotopic (exact) mass is 488 g/mol. The van der Waals surface area contributed by atoms with Crippen molar-refractivity contribution in [3.05, 3.63) is 90.5 Å². The minimum Gasteiger partial charge on any atom is -0.457 e. The Morgan fingerprint density at radius 1 is 1.12 bits per heavy atom. The van der Waals surface area contributed by atoms with Crippen LogP contribution in [-0.4, -0.2) is 21.0 Å². The maximum Gasteiger partial charge on any atom is 0.293 e. The molecule has 0 atom stereocenters. The van der Waals surface area contributed by atoms with Crippen LogP contribution >= 0.6 is 35.0 Å². The van der Waals surface area contributed by atoms with Gasteiger partial charge in [-0.25, -0.2) is 0 Å². The molecular formula is C22H14Cl2N2O5S. The normalized spacial score (nSPS) is 15.1. The highest BCUT2D eigenvalue weighted by molar-refractivity contribution is 8.18. The van der Waals surface area contributed by atoms with Gasteiger partial charge in [-0.3, -0.25) is 24.6 Å². The Bertz CT molecular complexity index is 1280. The minimum absolute atomic E-state index is 0.0141. The number of furan rings is 1. The van der Waals surface area contributed by atoms with Gasteiger partial charge >= 0.3 is 0 Å². The quantitative estimate of drug-likeness (QED) is 0.225. The number of carbonyl (C=O) groups is 2. The molecule has 0 saturated carbocycles. The molecule has 0 N–H and O–H groups in total. The van der Waals surface area contributed by atoms with E-state index in [2.05, 4.69) is 0 Å². The number of imide groups is 1. The van der Waals surface area contributed by atoms with Crippen molar-refractivity contribution in [2.75, 3.05) is 0 Å². The summed E-state index contributed by atoms with van der Waals surface area (Å²) in [6, 6.07) is 13.0. The van der Waals surface area contributed by atoms with Crippen molar-refractivity contribution in [1.29, 1.82) is 0 Å². The molecule has 1 fully saturated rings. The molecule has 0 aliphatic carbocycles. The Balaban J connectivity index is 1.57. The first-order chi connectivity index (χ1) is 15.2. The molecular weight excluding hydrogens is 475 g/mol. The molecule has 1 aromatic heterocycles. The fraction of sp³-hybridized carbons (Fsp3) is 0.0909. The second kappa shape index (κ2) is 8.82. The molecule has 2 heterocycles. The van der Waals surface area contributed by atoms with E-state index in [1.165, 1.54) is 12.1 Å². The number of hydrogen-bond acceptors (Lipinski definition) is 6. The van der Waals surface area contributed by atoms with Gasteiger partial charge in [0.15, 0.2) is 0 Å². The van der Waals surface area contributed by atoms with Gasteiger partial charge in [-0.1, -0.05) is 41.4 Å². The predicted molar refractivity (Wildman–Crippen MR) is 124 cm³/mol. The van der Waals surface area contributed by atoms with Crippen molar-refractivity contribution >= 4 is 57.9 Å². The van der Waals surface area contributed by atoms with Crippen LogP contribution < -0.4 is 0 Å². The summed E-state index contributed by atoms with van der Waals surface area (Å²) in [5, 5.41) is 11.5.